The van der Waals surface area contributed by atoms with E-state index >= 15 is 0 Å². The van der Waals surface area contributed by atoms with E-state index in [2.05, 4.69) is 5.10 Å². The van der Waals surface area contributed by atoms with Gasteiger partial charge in [0.25, 0.3) is 0 Å². The average molecular weight is 294 g/mol. The van der Waals surface area contributed by atoms with Crippen molar-refractivity contribution in [3.8, 4) is 22.7 Å². The predicted octanol–water partition coefficient (Wildman–Crippen LogP) is 3.25. The second-order valence-electron chi connectivity index (χ2n) is 4.69. The van der Waals surface area contributed by atoms with Crippen LogP contribution in [0, 0.1) is 0 Å². The van der Waals surface area contributed by atoms with Gasteiger partial charge in [0.1, 0.15) is 11.3 Å². The maximum Gasteiger partial charge on any atom is 0.339 e. The Morgan fingerprint density at radius 2 is 1.77 bits per heavy atom. The van der Waals surface area contributed by atoms with Crippen LogP contribution in [-0.4, -0.2) is 28.0 Å². The van der Waals surface area contributed by atoms with Gasteiger partial charge in [0.05, 0.1) is 24.7 Å². The average Bonchev–Trinajstić information content (AvgIpc) is 3.01. The van der Waals surface area contributed by atoms with E-state index in [0.717, 1.165) is 11.3 Å². The Kier molecular flexibility index (Phi) is 3.62. The highest BCUT2D eigenvalue weighted by atomic mass is 16.5. The van der Waals surface area contributed by atoms with Crippen LogP contribution in [0.4, 0.5) is 0 Å². The van der Waals surface area contributed by atoms with Crippen LogP contribution >= 0.6 is 0 Å². The summed E-state index contributed by atoms with van der Waals surface area (Å²) < 4.78 is 6.77. The highest BCUT2D eigenvalue weighted by Crippen LogP contribution is 2.28. The number of aromatic nitrogens is 2. The molecule has 0 bridgehead atoms. The molecule has 0 aliphatic heterocycles. The van der Waals surface area contributed by atoms with Crippen molar-refractivity contribution in [2.75, 3.05) is 7.11 Å². The Morgan fingerprint density at radius 3 is 2.36 bits per heavy atom. The number of carboxylic acids is 1. The topological polar surface area (TPSA) is 64.3 Å². The lowest BCUT2D eigenvalue weighted by molar-refractivity contribution is 0.0697. The molecule has 1 heterocycles. The van der Waals surface area contributed by atoms with E-state index in [0.29, 0.717) is 11.4 Å². The summed E-state index contributed by atoms with van der Waals surface area (Å²) in [5.41, 5.74) is 2.27. The lowest BCUT2D eigenvalue weighted by Gasteiger charge is -2.09. The molecule has 22 heavy (non-hydrogen) atoms. The number of rotatable bonds is 4. The number of para-hydroxylation sites is 1. The van der Waals surface area contributed by atoms with Gasteiger partial charge in [0.15, 0.2) is 0 Å². The summed E-state index contributed by atoms with van der Waals surface area (Å²) in [5.74, 6) is -0.292. The molecule has 0 saturated carbocycles. The third-order valence-corrected chi connectivity index (χ3v) is 3.36. The molecule has 0 saturated heterocycles. The largest absolute Gasteiger partial charge is 0.497 e. The number of methoxy groups -OCH3 is 1. The van der Waals surface area contributed by atoms with Crippen LogP contribution < -0.4 is 4.74 Å². The molecular formula is C17H14N2O3. The molecule has 1 aromatic heterocycles. The van der Waals surface area contributed by atoms with Crippen molar-refractivity contribution < 1.29 is 14.6 Å². The van der Waals surface area contributed by atoms with Crippen LogP contribution in [0.15, 0.2) is 60.8 Å². The maximum absolute atomic E-state index is 11.5. The van der Waals surface area contributed by atoms with Gasteiger partial charge in [0, 0.05) is 5.56 Å². The number of benzene rings is 2. The molecule has 5 heteroatoms. The smallest absolute Gasteiger partial charge is 0.339 e. The summed E-state index contributed by atoms with van der Waals surface area (Å²) in [6.07, 6.45) is 1.37. The fraction of sp³-hybridized carbons (Fsp3) is 0.0588. The van der Waals surface area contributed by atoms with E-state index in [1.807, 2.05) is 42.5 Å². The van der Waals surface area contributed by atoms with E-state index in [9.17, 15) is 9.90 Å². The minimum Gasteiger partial charge on any atom is -0.497 e. The lowest BCUT2D eigenvalue weighted by Crippen LogP contribution is -2.02. The molecule has 3 rings (SSSR count). The first-order valence-electron chi connectivity index (χ1n) is 6.72. The molecule has 0 aliphatic rings. The van der Waals surface area contributed by atoms with Gasteiger partial charge in [-0.05, 0) is 36.4 Å². The maximum atomic E-state index is 11.5. The minimum atomic E-state index is -1.01. The van der Waals surface area contributed by atoms with Gasteiger partial charge in [-0.15, -0.1) is 0 Å². The Balaban J connectivity index is 2.19. The number of hydrogen-bond donors (Lipinski definition) is 1. The summed E-state index contributed by atoms with van der Waals surface area (Å²) in [7, 11) is 1.59. The molecule has 110 valence electrons. The van der Waals surface area contributed by atoms with Crippen molar-refractivity contribution in [2.24, 2.45) is 0 Å². The highest BCUT2D eigenvalue weighted by Gasteiger charge is 2.19. The standard InChI is InChI=1S/C17H14N2O3/c1-22-14-9-7-12(8-10-14)16-15(17(20)21)11-18-19(16)13-5-3-2-4-6-13/h2-11H,1H3,(H,20,21). The third kappa shape index (κ3) is 2.44. The Labute approximate surface area is 127 Å². The molecule has 2 aromatic carbocycles. The van der Waals surface area contributed by atoms with Gasteiger partial charge >= 0.3 is 5.97 Å². The van der Waals surface area contributed by atoms with Crippen LogP contribution in [0.3, 0.4) is 0 Å². The number of nitrogens with zero attached hydrogens (tertiary/aromatic N) is 2. The monoisotopic (exact) mass is 294 g/mol. The molecule has 0 fully saturated rings. The number of carbonyl (C=O) groups is 1. The Morgan fingerprint density at radius 1 is 1.09 bits per heavy atom. The Bertz CT molecular complexity index is 793. The summed E-state index contributed by atoms with van der Waals surface area (Å²) >= 11 is 0. The zero-order valence-electron chi connectivity index (χ0n) is 11.9. The number of ether oxygens (including phenoxy) is 1. The van der Waals surface area contributed by atoms with Gasteiger partial charge < -0.3 is 9.84 Å². The molecule has 0 unspecified atom stereocenters. The Hall–Kier alpha value is -3.08. The van der Waals surface area contributed by atoms with E-state index in [4.69, 9.17) is 4.74 Å². The number of hydrogen-bond acceptors (Lipinski definition) is 3. The van der Waals surface area contributed by atoms with Crippen molar-refractivity contribution in [2.45, 2.75) is 0 Å². The van der Waals surface area contributed by atoms with E-state index in [1.165, 1.54) is 6.20 Å². The van der Waals surface area contributed by atoms with Gasteiger partial charge in [-0.25, -0.2) is 9.48 Å². The fourth-order valence-corrected chi connectivity index (χ4v) is 2.30. The molecule has 0 spiro atoms. The van der Waals surface area contributed by atoms with Gasteiger partial charge in [-0.1, -0.05) is 18.2 Å². The second kappa shape index (κ2) is 5.73. The summed E-state index contributed by atoms with van der Waals surface area (Å²) in [4.78, 5) is 11.5. The highest BCUT2D eigenvalue weighted by molar-refractivity contribution is 5.95. The van der Waals surface area contributed by atoms with Crippen LogP contribution in [0.5, 0.6) is 5.75 Å². The zero-order chi connectivity index (χ0) is 15.5. The molecule has 5 nitrogen and oxygen atoms in total. The fourth-order valence-electron chi connectivity index (χ4n) is 2.30. The quantitative estimate of drug-likeness (QED) is 0.802. The molecule has 1 N–H and O–H groups in total. The van der Waals surface area contributed by atoms with E-state index < -0.39 is 5.97 Å². The van der Waals surface area contributed by atoms with Crippen molar-refractivity contribution in [1.82, 2.24) is 9.78 Å². The van der Waals surface area contributed by atoms with E-state index in [1.54, 1.807) is 23.9 Å². The molecular weight excluding hydrogens is 280 g/mol. The van der Waals surface area contributed by atoms with Crippen LogP contribution in [-0.2, 0) is 0 Å². The van der Waals surface area contributed by atoms with Gasteiger partial charge in [-0.2, -0.15) is 5.10 Å². The van der Waals surface area contributed by atoms with Crippen molar-refractivity contribution >= 4 is 5.97 Å². The first-order chi connectivity index (χ1) is 10.7. The lowest BCUT2D eigenvalue weighted by atomic mass is 10.1. The van der Waals surface area contributed by atoms with Crippen molar-refractivity contribution in [3.63, 3.8) is 0 Å². The predicted molar refractivity (Wildman–Crippen MR) is 82.5 cm³/mol. The van der Waals surface area contributed by atoms with E-state index in [-0.39, 0.29) is 5.56 Å². The van der Waals surface area contributed by atoms with Crippen molar-refractivity contribution in [3.05, 3.63) is 66.4 Å². The van der Waals surface area contributed by atoms with Gasteiger partial charge in [0.2, 0.25) is 0 Å². The minimum absolute atomic E-state index is 0.161. The molecule has 3 aromatic rings. The molecule has 0 amide bonds. The summed E-state index contributed by atoms with van der Waals surface area (Å²) in [6, 6.07) is 16.7. The third-order valence-electron chi connectivity index (χ3n) is 3.36. The summed E-state index contributed by atoms with van der Waals surface area (Å²) in [6.45, 7) is 0. The SMILES string of the molecule is COc1ccc(-c2c(C(=O)O)cnn2-c2ccccc2)cc1. The van der Waals surface area contributed by atoms with Crippen molar-refractivity contribution in [1.29, 1.82) is 0 Å². The normalized spacial score (nSPS) is 10.4. The van der Waals surface area contributed by atoms with Gasteiger partial charge in [-0.3, -0.25) is 0 Å². The first kappa shape index (κ1) is 13.9. The molecule has 0 atom stereocenters. The number of aromatic carboxylic acids is 1. The second-order valence-corrected chi connectivity index (χ2v) is 4.69. The van der Waals surface area contributed by atoms with Crippen LogP contribution in [0.2, 0.25) is 0 Å². The van der Waals surface area contributed by atoms with Crippen LogP contribution in [0.1, 0.15) is 10.4 Å². The molecule has 0 radical (unpaired) electrons. The first-order valence-corrected chi connectivity index (χ1v) is 6.72. The van der Waals surface area contributed by atoms with Crippen LogP contribution in [0.25, 0.3) is 16.9 Å². The summed E-state index contributed by atoms with van der Waals surface area (Å²) in [5, 5.41) is 13.6. The zero-order valence-corrected chi connectivity index (χ0v) is 11.9. The number of carboxylic acid groups (broad SMARTS) is 1. The molecule has 0 aliphatic carbocycles.